The van der Waals surface area contributed by atoms with Crippen molar-refractivity contribution < 1.29 is 13.2 Å². The molecule has 0 aromatic rings. The van der Waals surface area contributed by atoms with Crippen molar-refractivity contribution in [2.45, 2.75) is 51.5 Å². The van der Waals surface area contributed by atoms with Gasteiger partial charge in [-0.15, -0.1) is 0 Å². The molecule has 108 valence electrons. The number of carbonyl (C=O) groups excluding carboxylic acids is 1. The molecule has 1 aliphatic carbocycles. The van der Waals surface area contributed by atoms with Gasteiger partial charge in [0.15, 0.2) is 9.84 Å². The Hall–Kier alpha value is -1.09. The summed E-state index contributed by atoms with van der Waals surface area (Å²) in [5.74, 6) is -0.681. The van der Waals surface area contributed by atoms with Gasteiger partial charge in [-0.2, -0.15) is 5.26 Å². The van der Waals surface area contributed by atoms with E-state index in [1.807, 2.05) is 6.92 Å². The van der Waals surface area contributed by atoms with E-state index >= 15 is 0 Å². The molecule has 0 spiro atoms. The van der Waals surface area contributed by atoms with Crippen LogP contribution in [-0.4, -0.2) is 31.4 Å². The summed E-state index contributed by atoms with van der Waals surface area (Å²) in [6.07, 6.45) is 3.64. The summed E-state index contributed by atoms with van der Waals surface area (Å²) in [7, 11) is -3.35. The van der Waals surface area contributed by atoms with Crippen LogP contribution in [0.2, 0.25) is 0 Å². The molecule has 0 aromatic heterocycles. The van der Waals surface area contributed by atoms with E-state index in [2.05, 4.69) is 11.4 Å². The number of carbonyl (C=O) groups is 1. The monoisotopic (exact) mass is 286 g/mol. The predicted octanol–water partition coefficient (Wildman–Crippen LogP) is 1.40. The number of hydrogen-bond donors (Lipinski definition) is 1. The summed E-state index contributed by atoms with van der Waals surface area (Å²) in [5, 5.41) is 11.9. The topological polar surface area (TPSA) is 87.0 Å². The van der Waals surface area contributed by atoms with Gasteiger partial charge in [0.2, 0.25) is 5.91 Å². The first-order chi connectivity index (χ1) is 8.82. The van der Waals surface area contributed by atoms with E-state index in [1.54, 1.807) is 6.92 Å². The average molecular weight is 286 g/mol. The smallest absolute Gasteiger partial charge is 0.236 e. The van der Waals surface area contributed by atoms with Gasteiger partial charge in [0, 0.05) is 0 Å². The van der Waals surface area contributed by atoms with Crippen LogP contribution in [0, 0.1) is 17.2 Å². The molecular formula is C13H22N2O3S. The SMILES string of the molecule is CCCS(=O)(=O)CC(=O)N[C@@]1(C#N)CCC[C@@H](C)C1. The van der Waals surface area contributed by atoms with Crippen molar-refractivity contribution in [3.05, 3.63) is 0 Å². The van der Waals surface area contributed by atoms with Crippen molar-refractivity contribution >= 4 is 15.7 Å². The third-order valence-corrected chi connectivity index (χ3v) is 5.19. The van der Waals surface area contributed by atoms with Crippen LogP contribution in [0.25, 0.3) is 0 Å². The summed E-state index contributed by atoms with van der Waals surface area (Å²) >= 11 is 0. The van der Waals surface area contributed by atoms with Crippen molar-refractivity contribution in [3.63, 3.8) is 0 Å². The van der Waals surface area contributed by atoms with E-state index in [-0.39, 0.29) is 5.75 Å². The first-order valence-corrected chi connectivity index (χ1v) is 8.57. The molecule has 6 heteroatoms. The molecule has 0 unspecified atom stereocenters. The van der Waals surface area contributed by atoms with Crippen LogP contribution in [0.1, 0.15) is 46.0 Å². The number of rotatable bonds is 5. The maximum atomic E-state index is 11.8. The zero-order valence-corrected chi connectivity index (χ0v) is 12.4. The van der Waals surface area contributed by atoms with Gasteiger partial charge < -0.3 is 5.32 Å². The van der Waals surface area contributed by atoms with Gasteiger partial charge in [-0.25, -0.2) is 8.42 Å². The molecule has 1 aliphatic rings. The summed E-state index contributed by atoms with van der Waals surface area (Å²) in [6.45, 7) is 3.81. The lowest BCUT2D eigenvalue weighted by molar-refractivity contribution is -0.120. The van der Waals surface area contributed by atoms with Crippen LogP contribution in [0.15, 0.2) is 0 Å². The second kappa shape index (κ2) is 6.38. The second-order valence-corrected chi connectivity index (χ2v) is 7.72. The maximum absolute atomic E-state index is 11.8. The fourth-order valence-electron chi connectivity index (χ4n) is 2.68. The molecule has 1 amide bonds. The van der Waals surface area contributed by atoms with Gasteiger partial charge in [-0.3, -0.25) is 4.79 Å². The lowest BCUT2D eigenvalue weighted by atomic mass is 9.77. The number of sulfone groups is 1. The largest absolute Gasteiger partial charge is 0.337 e. The lowest BCUT2D eigenvalue weighted by Crippen LogP contribution is -2.51. The molecular weight excluding hydrogens is 264 g/mol. The van der Waals surface area contributed by atoms with Crippen LogP contribution in [-0.2, 0) is 14.6 Å². The summed E-state index contributed by atoms with van der Waals surface area (Å²) in [5.41, 5.74) is -0.878. The van der Waals surface area contributed by atoms with Gasteiger partial charge in [0.05, 0.1) is 11.8 Å². The van der Waals surface area contributed by atoms with E-state index in [0.29, 0.717) is 25.2 Å². The molecule has 0 saturated heterocycles. The molecule has 19 heavy (non-hydrogen) atoms. The highest BCUT2D eigenvalue weighted by Crippen LogP contribution is 2.31. The molecule has 0 bridgehead atoms. The molecule has 0 heterocycles. The van der Waals surface area contributed by atoms with Gasteiger partial charge in [-0.1, -0.05) is 20.3 Å². The highest BCUT2D eigenvalue weighted by Gasteiger charge is 2.37. The minimum atomic E-state index is -3.35. The molecule has 1 rings (SSSR count). The number of hydrogen-bond acceptors (Lipinski definition) is 4. The van der Waals surface area contributed by atoms with E-state index in [1.165, 1.54) is 0 Å². The van der Waals surface area contributed by atoms with Crippen molar-refractivity contribution in [1.29, 1.82) is 5.26 Å². The molecule has 1 fully saturated rings. The van der Waals surface area contributed by atoms with Crippen LogP contribution in [0.5, 0.6) is 0 Å². The van der Waals surface area contributed by atoms with Crippen molar-refractivity contribution in [2.75, 3.05) is 11.5 Å². The van der Waals surface area contributed by atoms with Crippen LogP contribution in [0.4, 0.5) is 0 Å². The molecule has 0 aromatic carbocycles. The Kier molecular flexibility index (Phi) is 5.36. The fourth-order valence-corrected chi connectivity index (χ4v) is 3.92. The number of nitrogens with zero attached hydrogens (tertiary/aromatic N) is 1. The molecule has 0 aliphatic heterocycles. The van der Waals surface area contributed by atoms with E-state index in [4.69, 9.17) is 0 Å². The van der Waals surface area contributed by atoms with Gasteiger partial charge >= 0.3 is 0 Å². The van der Waals surface area contributed by atoms with Crippen molar-refractivity contribution in [2.24, 2.45) is 5.92 Å². The van der Waals surface area contributed by atoms with Crippen LogP contribution in [0.3, 0.4) is 0 Å². The Labute approximate surface area is 115 Å². The van der Waals surface area contributed by atoms with E-state index in [9.17, 15) is 18.5 Å². The second-order valence-electron chi connectivity index (χ2n) is 5.54. The molecule has 2 atom stereocenters. The van der Waals surface area contributed by atoms with Crippen LogP contribution < -0.4 is 5.32 Å². The lowest BCUT2D eigenvalue weighted by Gasteiger charge is -2.34. The Morgan fingerprint density at radius 2 is 2.21 bits per heavy atom. The molecule has 1 N–H and O–H groups in total. The average Bonchev–Trinajstić information content (AvgIpc) is 2.27. The van der Waals surface area contributed by atoms with E-state index in [0.717, 1.165) is 12.8 Å². The third-order valence-electron chi connectivity index (χ3n) is 3.46. The summed E-state index contributed by atoms with van der Waals surface area (Å²) < 4.78 is 23.2. The maximum Gasteiger partial charge on any atom is 0.236 e. The normalized spacial score (nSPS) is 27.5. The minimum absolute atomic E-state index is 0.0103. The standard InChI is InChI=1S/C13H22N2O3S/c1-3-7-19(17,18)9-12(16)15-13(10-14)6-4-5-11(2)8-13/h11H,3-9H2,1-2H3,(H,15,16)/t11-,13+/m1/s1. The van der Waals surface area contributed by atoms with E-state index < -0.39 is 27.0 Å². The van der Waals surface area contributed by atoms with Gasteiger partial charge in [0.25, 0.3) is 0 Å². The number of nitrogens with one attached hydrogen (secondary N) is 1. The highest BCUT2D eigenvalue weighted by molar-refractivity contribution is 7.92. The van der Waals surface area contributed by atoms with Crippen LogP contribution >= 0.6 is 0 Å². The number of nitriles is 1. The predicted molar refractivity (Wildman–Crippen MR) is 73.1 cm³/mol. The Morgan fingerprint density at radius 1 is 1.53 bits per heavy atom. The number of amides is 1. The third kappa shape index (κ3) is 4.83. The molecule has 5 nitrogen and oxygen atoms in total. The Balaban J connectivity index is 2.67. The molecule has 1 saturated carbocycles. The molecule has 0 radical (unpaired) electrons. The zero-order chi connectivity index (χ0) is 14.5. The van der Waals surface area contributed by atoms with Gasteiger partial charge in [0.1, 0.15) is 11.3 Å². The fraction of sp³-hybridized carbons (Fsp3) is 0.846. The quantitative estimate of drug-likeness (QED) is 0.827. The highest BCUT2D eigenvalue weighted by atomic mass is 32.2. The first kappa shape index (κ1) is 16.0. The first-order valence-electron chi connectivity index (χ1n) is 6.75. The Bertz CT molecular complexity index is 467. The summed E-state index contributed by atoms with van der Waals surface area (Å²) in [4.78, 5) is 11.8. The van der Waals surface area contributed by atoms with Crippen molar-refractivity contribution in [3.8, 4) is 6.07 Å². The minimum Gasteiger partial charge on any atom is -0.337 e. The van der Waals surface area contributed by atoms with Crippen molar-refractivity contribution in [1.82, 2.24) is 5.32 Å². The van der Waals surface area contributed by atoms with Gasteiger partial charge in [-0.05, 0) is 31.6 Å². The zero-order valence-electron chi connectivity index (χ0n) is 11.6. The Morgan fingerprint density at radius 3 is 2.74 bits per heavy atom. The summed E-state index contributed by atoms with van der Waals surface area (Å²) in [6, 6.07) is 2.17.